The van der Waals surface area contributed by atoms with Crippen LogP contribution in [0.15, 0.2) is 36.5 Å². The molecule has 0 aromatic carbocycles. The van der Waals surface area contributed by atoms with Crippen LogP contribution < -0.4 is 5.32 Å². The molecular weight excluding hydrogens is 1040 g/mol. The smallest absolute Gasteiger partial charge is 0.220 e. The van der Waals surface area contributed by atoms with Crippen molar-refractivity contribution in [2.45, 2.75) is 370 Å². The summed E-state index contributed by atoms with van der Waals surface area (Å²) >= 11 is 0. The van der Waals surface area contributed by atoms with Gasteiger partial charge < -0.3 is 65.1 Å². The predicted molar refractivity (Wildman–Crippen MR) is 332 cm³/mol. The first-order valence-corrected chi connectivity index (χ1v) is 34.2. The van der Waals surface area contributed by atoms with Gasteiger partial charge in [0.2, 0.25) is 5.91 Å². The van der Waals surface area contributed by atoms with Gasteiger partial charge in [-0.2, -0.15) is 0 Å². The van der Waals surface area contributed by atoms with Gasteiger partial charge in [-0.25, -0.2) is 0 Å². The summed E-state index contributed by atoms with van der Waals surface area (Å²) in [7, 11) is 0. The van der Waals surface area contributed by atoms with Crippen LogP contribution in [0.25, 0.3) is 0 Å². The molecule has 82 heavy (non-hydrogen) atoms. The quantitative estimate of drug-likeness (QED) is 0.0204. The Morgan fingerprint density at radius 2 is 0.793 bits per heavy atom. The Kier molecular flexibility index (Phi) is 49.7. The molecule has 1 amide bonds. The molecule has 0 bridgehead atoms. The van der Waals surface area contributed by atoms with E-state index in [2.05, 4.69) is 43.5 Å². The third-order valence-electron chi connectivity index (χ3n) is 16.8. The van der Waals surface area contributed by atoms with Crippen LogP contribution in [0, 0.1) is 0 Å². The first-order valence-electron chi connectivity index (χ1n) is 34.2. The minimum absolute atomic E-state index is 0.251. The molecule has 0 saturated carbocycles. The molecule has 0 aromatic rings. The highest BCUT2D eigenvalue weighted by Crippen LogP contribution is 2.30. The molecule has 2 aliphatic rings. The number of ether oxygens (including phenoxy) is 4. The molecule has 0 aliphatic carbocycles. The van der Waals surface area contributed by atoms with Crippen LogP contribution in [0.1, 0.15) is 296 Å². The standard InChI is InChI=1S/C68H127NO13/c1-3-5-7-9-11-13-15-16-17-18-19-20-21-22-23-24-25-26-27-28-29-30-31-32-33-34-35-36-37-38-39-40-41-42-44-46-48-50-52-60(73)69-56(57(72)51-49-47-45-43-14-12-10-8-6-4-2)55-79-67-65(78)63(76)66(59(54-71)81-67)82-68-64(77)62(75)61(74)58(53-70)80-68/h6,8,14,43,49,51,56-59,61-68,70-72,74-78H,3-5,7,9-13,15-42,44-48,50,52-55H2,1-2H3,(H,69,73)/b8-6+,43-14+,51-49+. The van der Waals surface area contributed by atoms with Crippen LogP contribution >= 0.6 is 0 Å². The number of aliphatic hydroxyl groups excluding tert-OH is 8. The maximum Gasteiger partial charge on any atom is 0.220 e. The number of unbranched alkanes of at least 4 members (excludes halogenated alkanes) is 39. The number of hydrogen-bond acceptors (Lipinski definition) is 13. The topological polar surface area (TPSA) is 228 Å². The normalized spacial score (nSPS) is 24.1. The summed E-state index contributed by atoms with van der Waals surface area (Å²) in [6.07, 6.45) is 51.3. The van der Waals surface area contributed by atoms with E-state index >= 15 is 0 Å². The number of nitrogens with one attached hydrogen (secondary N) is 1. The minimum atomic E-state index is -1.79. The van der Waals surface area contributed by atoms with Crippen molar-refractivity contribution in [2.24, 2.45) is 0 Å². The highest BCUT2D eigenvalue weighted by Gasteiger charge is 2.51. The average molecular weight is 1170 g/mol. The third kappa shape index (κ3) is 37.7. The predicted octanol–water partition coefficient (Wildman–Crippen LogP) is 13.3. The molecule has 2 fully saturated rings. The van der Waals surface area contributed by atoms with Crippen molar-refractivity contribution in [2.75, 3.05) is 19.8 Å². The van der Waals surface area contributed by atoms with Gasteiger partial charge in [-0.1, -0.05) is 288 Å². The number of rotatable bonds is 56. The van der Waals surface area contributed by atoms with E-state index in [1.807, 2.05) is 6.08 Å². The van der Waals surface area contributed by atoms with Gasteiger partial charge in [-0.05, 0) is 38.5 Å². The van der Waals surface area contributed by atoms with Crippen molar-refractivity contribution in [1.82, 2.24) is 5.32 Å². The molecule has 0 spiro atoms. The summed E-state index contributed by atoms with van der Waals surface area (Å²) in [6.45, 7) is 2.67. The van der Waals surface area contributed by atoms with E-state index in [4.69, 9.17) is 18.9 Å². The van der Waals surface area contributed by atoms with E-state index in [-0.39, 0.29) is 18.9 Å². The van der Waals surface area contributed by atoms with Crippen LogP contribution in [-0.2, 0) is 23.7 Å². The Labute approximate surface area is 500 Å². The lowest BCUT2D eigenvalue weighted by atomic mass is 9.97. The summed E-state index contributed by atoms with van der Waals surface area (Å²) in [5, 5.41) is 86.9. The minimum Gasteiger partial charge on any atom is -0.394 e. The van der Waals surface area contributed by atoms with E-state index < -0.39 is 86.8 Å². The summed E-state index contributed by atoms with van der Waals surface area (Å²) in [5.74, 6) is -0.251. The van der Waals surface area contributed by atoms with Crippen LogP contribution in [0.4, 0.5) is 0 Å². The second kappa shape index (κ2) is 53.4. The first-order chi connectivity index (χ1) is 40.1. The molecule has 0 radical (unpaired) electrons. The van der Waals surface area contributed by atoms with E-state index in [0.717, 1.165) is 44.9 Å². The monoisotopic (exact) mass is 1170 g/mol. The van der Waals surface area contributed by atoms with Crippen molar-refractivity contribution in [3.05, 3.63) is 36.5 Å². The maximum absolute atomic E-state index is 13.2. The molecule has 482 valence electrons. The average Bonchev–Trinajstić information content (AvgIpc) is 3.48. The zero-order valence-electron chi connectivity index (χ0n) is 52.2. The molecule has 12 atom stereocenters. The molecule has 2 rings (SSSR count). The molecule has 14 nitrogen and oxygen atoms in total. The van der Waals surface area contributed by atoms with Crippen molar-refractivity contribution < 1.29 is 64.6 Å². The Morgan fingerprint density at radius 1 is 0.439 bits per heavy atom. The highest BCUT2D eigenvalue weighted by atomic mass is 16.7. The summed E-state index contributed by atoms with van der Waals surface area (Å²) < 4.78 is 22.7. The first kappa shape index (κ1) is 76.3. The molecule has 2 heterocycles. The lowest BCUT2D eigenvalue weighted by Crippen LogP contribution is -2.65. The molecule has 9 N–H and O–H groups in total. The Morgan fingerprint density at radius 3 is 1.18 bits per heavy atom. The Hall–Kier alpha value is -1.79. The summed E-state index contributed by atoms with van der Waals surface area (Å²) in [5.41, 5.74) is 0. The lowest BCUT2D eigenvalue weighted by Gasteiger charge is -2.46. The van der Waals surface area contributed by atoms with E-state index in [0.29, 0.717) is 12.8 Å². The zero-order valence-corrected chi connectivity index (χ0v) is 52.2. The van der Waals surface area contributed by atoms with E-state index in [1.165, 1.54) is 218 Å². The van der Waals surface area contributed by atoms with Crippen LogP contribution in [-0.4, -0.2) is 140 Å². The lowest BCUT2D eigenvalue weighted by molar-refractivity contribution is -0.359. The number of amides is 1. The molecule has 14 heteroatoms. The molecule has 12 unspecified atom stereocenters. The van der Waals surface area contributed by atoms with Crippen molar-refractivity contribution in [3.63, 3.8) is 0 Å². The SMILES string of the molecule is CC/C=C/CC/C=C/CC/C=C/C(O)C(COC1OC(CO)C(OC2OC(CO)C(O)C(O)C2O)C(O)C1O)NC(=O)CCCCCCCCCCCCCCCCCCCCCCCCCCCCCCCCCCCCCCCC. The molecule has 2 aliphatic heterocycles. The molecular formula is C68H127NO13. The van der Waals surface area contributed by atoms with Gasteiger partial charge in [0, 0.05) is 6.42 Å². The Balaban J connectivity index is 1.52. The van der Waals surface area contributed by atoms with Gasteiger partial charge in [-0.3, -0.25) is 4.79 Å². The van der Waals surface area contributed by atoms with Crippen LogP contribution in [0.5, 0.6) is 0 Å². The largest absolute Gasteiger partial charge is 0.394 e. The summed E-state index contributed by atoms with van der Waals surface area (Å²) in [6, 6.07) is -0.934. The van der Waals surface area contributed by atoms with Crippen molar-refractivity contribution in [3.8, 4) is 0 Å². The number of hydrogen-bond donors (Lipinski definition) is 9. The highest BCUT2D eigenvalue weighted by molar-refractivity contribution is 5.76. The second-order valence-electron chi connectivity index (χ2n) is 24.3. The number of carbonyl (C=O) groups is 1. The van der Waals surface area contributed by atoms with Gasteiger partial charge in [0.25, 0.3) is 0 Å². The van der Waals surface area contributed by atoms with Gasteiger partial charge in [0.05, 0.1) is 32.0 Å². The van der Waals surface area contributed by atoms with E-state index in [1.54, 1.807) is 6.08 Å². The third-order valence-corrected chi connectivity index (χ3v) is 16.8. The molecule has 2 saturated heterocycles. The van der Waals surface area contributed by atoms with Crippen molar-refractivity contribution in [1.29, 1.82) is 0 Å². The number of carbonyl (C=O) groups excluding carboxylic acids is 1. The number of allylic oxidation sites excluding steroid dienone is 5. The fourth-order valence-corrected chi connectivity index (χ4v) is 11.4. The maximum atomic E-state index is 13.2. The fraction of sp³-hybridized carbons (Fsp3) is 0.897. The fourth-order valence-electron chi connectivity index (χ4n) is 11.4. The van der Waals surface area contributed by atoms with Gasteiger partial charge in [-0.15, -0.1) is 0 Å². The van der Waals surface area contributed by atoms with Crippen molar-refractivity contribution >= 4 is 5.91 Å². The summed E-state index contributed by atoms with van der Waals surface area (Å²) in [4.78, 5) is 13.2. The molecule has 0 aromatic heterocycles. The Bertz CT molecular complexity index is 1510. The van der Waals surface area contributed by atoms with Crippen LogP contribution in [0.2, 0.25) is 0 Å². The van der Waals surface area contributed by atoms with Gasteiger partial charge >= 0.3 is 0 Å². The van der Waals surface area contributed by atoms with Gasteiger partial charge in [0.1, 0.15) is 48.8 Å². The van der Waals surface area contributed by atoms with E-state index in [9.17, 15) is 45.6 Å². The van der Waals surface area contributed by atoms with Gasteiger partial charge in [0.15, 0.2) is 12.6 Å². The second-order valence-corrected chi connectivity index (χ2v) is 24.3. The van der Waals surface area contributed by atoms with Crippen LogP contribution in [0.3, 0.4) is 0 Å². The zero-order chi connectivity index (χ0) is 59.5. The number of aliphatic hydroxyl groups is 8.